The zero-order chi connectivity index (χ0) is 17.4. The molecule has 0 spiro atoms. The van der Waals surface area contributed by atoms with Crippen LogP contribution in [0.3, 0.4) is 0 Å². The van der Waals surface area contributed by atoms with Crippen molar-refractivity contribution in [3.8, 4) is 5.75 Å². The monoisotopic (exact) mass is 371 g/mol. The lowest BCUT2D eigenvalue weighted by Crippen LogP contribution is -3.12. The van der Waals surface area contributed by atoms with E-state index in [-0.39, 0.29) is 17.2 Å². The summed E-state index contributed by atoms with van der Waals surface area (Å²) in [6, 6.07) is 5.36. The van der Waals surface area contributed by atoms with Crippen molar-refractivity contribution in [1.29, 1.82) is 0 Å². The van der Waals surface area contributed by atoms with E-state index in [1.54, 1.807) is 12.1 Å². The highest BCUT2D eigenvalue weighted by Crippen LogP contribution is 2.39. The molecule has 3 atom stereocenters. The van der Waals surface area contributed by atoms with Crippen LogP contribution in [0, 0.1) is 5.21 Å². The summed E-state index contributed by atoms with van der Waals surface area (Å²) in [5.41, 5.74) is 0.754. The first kappa shape index (κ1) is 19.4. The van der Waals surface area contributed by atoms with Crippen molar-refractivity contribution < 1.29 is 20.1 Å². The fourth-order valence-corrected chi connectivity index (χ4v) is 5.82. The minimum absolute atomic E-state index is 0.135. The molecule has 1 aromatic rings. The maximum Gasteiger partial charge on any atom is 0.363 e. The molecule has 1 aliphatic heterocycles. The van der Waals surface area contributed by atoms with Crippen LogP contribution in [-0.2, 0) is 11.2 Å². The molecule has 24 heavy (non-hydrogen) atoms. The second kappa shape index (κ2) is 10.2. The molecule has 1 fully saturated rings. The number of aromatic hydroxyl groups is 1. The number of benzene rings is 1. The average molecular weight is 372 g/mol. The highest BCUT2D eigenvalue weighted by molar-refractivity contribution is 8.77. The number of aliphatic carboxylic acids is 1. The number of quaternary nitrogens is 1. The summed E-state index contributed by atoms with van der Waals surface area (Å²) in [6.45, 7) is 0.335. The number of rotatable bonds is 10. The van der Waals surface area contributed by atoms with E-state index in [4.69, 9.17) is 0 Å². The van der Waals surface area contributed by atoms with Crippen molar-refractivity contribution in [3.05, 3.63) is 35.0 Å². The fraction of sp³-hybridized carbons (Fsp3) is 0.588. The van der Waals surface area contributed by atoms with E-state index in [9.17, 15) is 20.2 Å². The normalized spacial score (nSPS) is 20.0. The average Bonchev–Trinajstić information content (AvgIpc) is 3.07. The third kappa shape index (κ3) is 6.55. The van der Waals surface area contributed by atoms with Crippen molar-refractivity contribution in [3.63, 3.8) is 0 Å². The lowest BCUT2D eigenvalue weighted by Gasteiger charge is -2.28. The molecule has 0 aromatic heterocycles. The van der Waals surface area contributed by atoms with Gasteiger partial charge in [0.1, 0.15) is 5.75 Å². The van der Waals surface area contributed by atoms with Gasteiger partial charge in [0.15, 0.2) is 6.04 Å². The molecule has 1 aromatic carbocycles. The third-order valence-corrected chi connectivity index (χ3v) is 7.25. The van der Waals surface area contributed by atoms with E-state index in [0.29, 0.717) is 6.54 Å². The molecule has 134 valence electrons. The second-order valence-electron chi connectivity index (χ2n) is 6.16. The molecule has 7 heteroatoms. The van der Waals surface area contributed by atoms with E-state index >= 15 is 0 Å². The Morgan fingerprint density at radius 3 is 2.67 bits per heavy atom. The number of hydroxylamine groups is 2. The molecule has 0 aliphatic carbocycles. The first-order valence-electron chi connectivity index (χ1n) is 8.38. The van der Waals surface area contributed by atoms with Gasteiger partial charge in [0.2, 0.25) is 0 Å². The van der Waals surface area contributed by atoms with E-state index in [0.717, 1.165) is 30.1 Å². The number of hydrogen-bond donors (Lipinski definition) is 3. The Kier molecular flexibility index (Phi) is 8.24. The Hall–Kier alpha value is -0.890. The summed E-state index contributed by atoms with van der Waals surface area (Å²) in [5.74, 6) is 0.314. The van der Waals surface area contributed by atoms with Gasteiger partial charge in [-0.25, -0.2) is 4.79 Å². The van der Waals surface area contributed by atoms with Gasteiger partial charge < -0.3 is 20.5 Å². The Bertz CT molecular complexity index is 506. The largest absolute Gasteiger partial charge is 0.634 e. The summed E-state index contributed by atoms with van der Waals surface area (Å²) in [5, 5.41) is 31.4. The topological polar surface area (TPSA) is 85.0 Å². The van der Waals surface area contributed by atoms with Crippen molar-refractivity contribution in [2.24, 2.45) is 0 Å². The van der Waals surface area contributed by atoms with Gasteiger partial charge in [0.05, 0.1) is 6.54 Å². The summed E-state index contributed by atoms with van der Waals surface area (Å²) < 4.78 is 0. The Morgan fingerprint density at radius 2 is 2.04 bits per heavy atom. The predicted molar refractivity (Wildman–Crippen MR) is 99.4 cm³/mol. The third-order valence-electron chi connectivity index (χ3n) is 4.24. The zero-order valence-electron chi connectivity index (χ0n) is 13.6. The standard InChI is InChI=1S/C17H25NO4S2/c19-14-7-5-13(6-8-14)12-16(17(20)21)18(22)10-3-1-2-4-15-9-11-23-24-15/h5-8,15-16,18-19H,1-4,9-12H2,(H,20,21). The van der Waals surface area contributed by atoms with Gasteiger partial charge in [-0.05, 0) is 43.4 Å². The zero-order valence-corrected chi connectivity index (χ0v) is 15.3. The summed E-state index contributed by atoms with van der Waals surface area (Å²) in [6.07, 6.45) is 5.52. The Morgan fingerprint density at radius 1 is 1.29 bits per heavy atom. The summed E-state index contributed by atoms with van der Waals surface area (Å²) >= 11 is 0. The molecule has 2 rings (SSSR count). The predicted octanol–water partition coefficient (Wildman–Crippen LogP) is 2.48. The molecular weight excluding hydrogens is 346 g/mol. The molecular formula is C17H25NO4S2. The maximum absolute atomic E-state index is 12.2. The minimum Gasteiger partial charge on any atom is -0.634 e. The van der Waals surface area contributed by atoms with Gasteiger partial charge >= 0.3 is 5.97 Å². The molecule has 3 N–H and O–H groups in total. The molecule has 0 bridgehead atoms. The van der Waals surface area contributed by atoms with E-state index in [1.165, 1.54) is 30.7 Å². The molecule has 0 saturated carbocycles. The van der Waals surface area contributed by atoms with Crippen LogP contribution in [-0.4, -0.2) is 39.8 Å². The molecule has 0 radical (unpaired) electrons. The minimum atomic E-state index is -1.06. The number of carbonyl (C=O) groups is 1. The van der Waals surface area contributed by atoms with Crippen molar-refractivity contribution in [1.82, 2.24) is 0 Å². The quantitative estimate of drug-likeness (QED) is 0.333. The number of carboxylic acids is 1. The lowest BCUT2D eigenvalue weighted by molar-refractivity contribution is -0.866. The van der Waals surface area contributed by atoms with Gasteiger partial charge in [-0.15, -0.1) is 0 Å². The highest BCUT2D eigenvalue weighted by Gasteiger charge is 2.24. The van der Waals surface area contributed by atoms with E-state index in [1.807, 2.05) is 21.6 Å². The first-order valence-corrected chi connectivity index (χ1v) is 10.8. The molecule has 5 nitrogen and oxygen atoms in total. The summed E-state index contributed by atoms with van der Waals surface area (Å²) in [4.78, 5) is 11.4. The SMILES string of the molecule is O=C(O)C(Cc1ccc(O)cc1)[NH+]([O-])CCCCCC1CCSS1. The van der Waals surface area contributed by atoms with E-state index in [2.05, 4.69) is 0 Å². The van der Waals surface area contributed by atoms with Crippen molar-refractivity contribution >= 4 is 27.6 Å². The van der Waals surface area contributed by atoms with Crippen LogP contribution in [0.1, 0.15) is 37.7 Å². The number of nitrogens with one attached hydrogen (secondary N) is 1. The number of hydrogen-bond acceptors (Lipinski definition) is 5. The maximum atomic E-state index is 12.2. The van der Waals surface area contributed by atoms with Crippen molar-refractivity contribution in [2.45, 2.75) is 49.8 Å². The number of unbranched alkanes of at least 4 members (excludes halogenated alkanes) is 2. The van der Waals surface area contributed by atoms with Gasteiger partial charge in [-0.1, -0.05) is 40.1 Å². The van der Waals surface area contributed by atoms with E-state index < -0.39 is 12.0 Å². The van der Waals surface area contributed by atoms with Crippen LogP contribution in [0.2, 0.25) is 0 Å². The molecule has 3 unspecified atom stereocenters. The Balaban J connectivity index is 1.71. The second-order valence-corrected chi connectivity index (χ2v) is 8.94. The molecule has 0 amide bonds. The van der Waals surface area contributed by atoms with Crippen LogP contribution >= 0.6 is 21.6 Å². The van der Waals surface area contributed by atoms with Gasteiger partial charge in [-0.2, -0.15) is 0 Å². The lowest BCUT2D eigenvalue weighted by atomic mass is 10.0. The highest BCUT2D eigenvalue weighted by atomic mass is 33.1. The van der Waals surface area contributed by atoms with Gasteiger partial charge in [-0.3, -0.25) is 0 Å². The Labute approximate surface area is 150 Å². The number of phenols is 1. The number of phenolic OH excluding ortho intramolecular Hbond substituents is 1. The fourth-order valence-electron chi connectivity index (χ4n) is 2.79. The smallest absolute Gasteiger partial charge is 0.363 e. The van der Waals surface area contributed by atoms with Crippen LogP contribution < -0.4 is 5.06 Å². The molecule has 1 aliphatic rings. The van der Waals surface area contributed by atoms with Crippen LogP contribution in [0.15, 0.2) is 24.3 Å². The van der Waals surface area contributed by atoms with Gasteiger partial charge in [0.25, 0.3) is 0 Å². The summed E-state index contributed by atoms with van der Waals surface area (Å²) in [7, 11) is 3.91. The first-order chi connectivity index (χ1) is 11.6. The van der Waals surface area contributed by atoms with Gasteiger partial charge in [0, 0.05) is 17.4 Å². The van der Waals surface area contributed by atoms with Crippen LogP contribution in [0.5, 0.6) is 5.75 Å². The number of carboxylic acid groups (broad SMARTS) is 1. The molecule has 1 saturated heterocycles. The van der Waals surface area contributed by atoms with Crippen LogP contribution in [0.25, 0.3) is 0 Å². The van der Waals surface area contributed by atoms with Crippen LogP contribution in [0.4, 0.5) is 0 Å². The molecule has 1 heterocycles. The van der Waals surface area contributed by atoms with Crippen molar-refractivity contribution in [2.75, 3.05) is 12.3 Å².